The topological polar surface area (TPSA) is 68.0 Å². The van der Waals surface area contributed by atoms with Gasteiger partial charge in [-0.25, -0.2) is 4.39 Å². The number of anilines is 2. The second-order valence-corrected chi connectivity index (χ2v) is 4.40. The van der Waals surface area contributed by atoms with Gasteiger partial charge in [-0.1, -0.05) is 0 Å². The first-order valence-corrected chi connectivity index (χ1v) is 5.76. The molecule has 0 bridgehead atoms. The Morgan fingerprint density at radius 2 is 2.00 bits per heavy atom. The first-order chi connectivity index (χ1) is 8.97. The molecular formula is C14H14FN3O. The van der Waals surface area contributed by atoms with Gasteiger partial charge >= 0.3 is 0 Å². The van der Waals surface area contributed by atoms with Crippen LogP contribution >= 0.6 is 0 Å². The summed E-state index contributed by atoms with van der Waals surface area (Å²) in [6.45, 7) is 3.42. The van der Waals surface area contributed by atoms with Crippen molar-refractivity contribution in [2.24, 2.45) is 0 Å². The lowest BCUT2D eigenvalue weighted by Crippen LogP contribution is -2.15. The highest BCUT2D eigenvalue weighted by Crippen LogP contribution is 2.18. The zero-order valence-electron chi connectivity index (χ0n) is 10.7. The molecule has 0 radical (unpaired) electrons. The Bertz CT molecular complexity index is 641. The number of nitrogens with two attached hydrogens (primary N) is 1. The number of nitrogens with zero attached hydrogens (tertiary/aromatic N) is 1. The molecule has 0 saturated heterocycles. The van der Waals surface area contributed by atoms with Crippen molar-refractivity contribution >= 4 is 17.3 Å². The number of pyridine rings is 1. The molecule has 0 saturated carbocycles. The molecule has 98 valence electrons. The monoisotopic (exact) mass is 259 g/mol. The summed E-state index contributed by atoms with van der Waals surface area (Å²) in [5, 5.41) is 2.60. The molecule has 0 fully saturated rings. The third-order valence-electron chi connectivity index (χ3n) is 2.65. The van der Waals surface area contributed by atoms with Crippen molar-refractivity contribution in [1.82, 2.24) is 4.98 Å². The van der Waals surface area contributed by atoms with E-state index in [9.17, 15) is 9.18 Å². The molecule has 2 aromatic rings. The molecule has 2 rings (SSSR count). The van der Waals surface area contributed by atoms with Crippen LogP contribution in [0.4, 0.5) is 15.8 Å². The summed E-state index contributed by atoms with van der Waals surface area (Å²) in [7, 11) is 0. The molecule has 1 amide bonds. The average molecular weight is 259 g/mol. The summed E-state index contributed by atoms with van der Waals surface area (Å²) in [4.78, 5) is 16.0. The van der Waals surface area contributed by atoms with Gasteiger partial charge in [-0.3, -0.25) is 9.78 Å². The third kappa shape index (κ3) is 2.88. The number of nitrogen functional groups attached to an aromatic ring is 1. The standard InChI is InChI=1S/C14H14FN3O/c1-8-3-11(7-17-6-8)18-14(19)12-5-10(16)4-9(2)13(12)15/h3-7H,16H2,1-2H3,(H,18,19). The van der Waals surface area contributed by atoms with Crippen LogP contribution < -0.4 is 11.1 Å². The second-order valence-electron chi connectivity index (χ2n) is 4.40. The van der Waals surface area contributed by atoms with Crippen molar-refractivity contribution < 1.29 is 9.18 Å². The van der Waals surface area contributed by atoms with Crippen molar-refractivity contribution in [2.75, 3.05) is 11.1 Å². The zero-order chi connectivity index (χ0) is 14.0. The smallest absolute Gasteiger partial charge is 0.258 e. The molecule has 0 aliphatic heterocycles. The molecular weight excluding hydrogens is 245 g/mol. The van der Waals surface area contributed by atoms with E-state index in [0.29, 0.717) is 16.9 Å². The van der Waals surface area contributed by atoms with E-state index in [0.717, 1.165) is 5.56 Å². The van der Waals surface area contributed by atoms with E-state index in [-0.39, 0.29) is 5.56 Å². The van der Waals surface area contributed by atoms with E-state index in [1.807, 2.05) is 6.92 Å². The van der Waals surface area contributed by atoms with Crippen molar-refractivity contribution in [3.63, 3.8) is 0 Å². The molecule has 1 aromatic carbocycles. The maximum absolute atomic E-state index is 13.9. The van der Waals surface area contributed by atoms with Crippen LogP contribution in [0.15, 0.2) is 30.6 Å². The van der Waals surface area contributed by atoms with Crippen molar-refractivity contribution in [3.05, 3.63) is 53.1 Å². The van der Waals surface area contributed by atoms with E-state index in [4.69, 9.17) is 5.73 Å². The Morgan fingerprint density at radius 1 is 1.26 bits per heavy atom. The van der Waals surface area contributed by atoms with Crippen LogP contribution in [0, 0.1) is 19.7 Å². The zero-order valence-corrected chi connectivity index (χ0v) is 10.7. The maximum Gasteiger partial charge on any atom is 0.258 e. The molecule has 0 spiro atoms. The van der Waals surface area contributed by atoms with Gasteiger partial charge in [-0.2, -0.15) is 0 Å². The SMILES string of the molecule is Cc1cncc(NC(=O)c2cc(N)cc(C)c2F)c1. The summed E-state index contributed by atoms with van der Waals surface area (Å²) < 4.78 is 13.9. The number of aromatic nitrogens is 1. The maximum atomic E-state index is 13.9. The van der Waals surface area contributed by atoms with E-state index in [1.54, 1.807) is 19.2 Å². The molecule has 1 heterocycles. The van der Waals surface area contributed by atoms with E-state index >= 15 is 0 Å². The Hall–Kier alpha value is -2.43. The highest BCUT2D eigenvalue weighted by Gasteiger charge is 2.15. The molecule has 0 atom stereocenters. The average Bonchev–Trinajstić information content (AvgIpc) is 2.33. The van der Waals surface area contributed by atoms with Crippen LogP contribution in [0.3, 0.4) is 0 Å². The minimum absolute atomic E-state index is 0.0704. The largest absolute Gasteiger partial charge is 0.399 e. The third-order valence-corrected chi connectivity index (χ3v) is 2.65. The summed E-state index contributed by atoms with van der Waals surface area (Å²) in [5.74, 6) is -1.10. The van der Waals surface area contributed by atoms with Gasteiger partial charge in [0, 0.05) is 11.9 Å². The number of benzene rings is 1. The summed E-state index contributed by atoms with van der Waals surface area (Å²) in [6.07, 6.45) is 3.17. The van der Waals surface area contributed by atoms with Crippen LogP contribution in [0.2, 0.25) is 0 Å². The fourth-order valence-electron chi connectivity index (χ4n) is 1.78. The van der Waals surface area contributed by atoms with E-state index in [1.165, 1.54) is 18.3 Å². The lowest BCUT2D eigenvalue weighted by atomic mass is 10.1. The number of halogens is 1. The summed E-state index contributed by atoms with van der Waals surface area (Å²) in [5.41, 5.74) is 7.67. The number of aryl methyl sites for hydroxylation is 2. The highest BCUT2D eigenvalue weighted by atomic mass is 19.1. The number of rotatable bonds is 2. The Labute approximate surface area is 110 Å². The minimum Gasteiger partial charge on any atom is -0.399 e. The molecule has 19 heavy (non-hydrogen) atoms. The normalized spacial score (nSPS) is 10.3. The van der Waals surface area contributed by atoms with Crippen LogP contribution in [0.5, 0.6) is 0 Å². The van der Waals surface area contributed by atoms with Crippen LogP contribution in [0.25, 0.3) is 0 Å². The molecule has 0 unspecified atom stereocenters. The quantitative estimate of drug-likeness (QED) is 0.815. The number of amides is 1. The van der Waals surface area contributed by atoms with Gasteiger partial charge in [0.1, 0.15) is 5.82 Å². The predicted molar refractivity (Wildman–Crippen MR) is 72.5 cm³/mol. The fourth-order valence-corrected chi connectivity index (χ4v) is 1.78. The molecule has 3 N–H and O–H groups in total. The molecule has 0 aliphatic carbocycles. The number of hydrogen-bond donors (Lipinski definition) is 2. The Balaban J connectivity index is 2.30. The molecule has 1 aromatic heterocycles. The number of carbonyl (C=O) groups is 1. The lowest BCUT2D eigenvalue weighted by molar-refractivity contribution is 0.102. The van der Waals surface area contributed by atoms with Crippen molar-refractivity contribution in [2.45, 2.75) is 13.8 Å². The highest BCUT2D eigenvalue weighted by molar-refractivity contribution is 6.05. The van der Waals surface area contributed by atoms with Crippen molar-refractivity contribution in [1.29, 1.82) is 0 Å². The molecule has 4 nitrogen and oxygen atoms in total. The van der Waals surface area contributed by atoms with Gasteiger partial charge in [0.25, 0.3) is 5.91 Å². The Kier molecular flexibility index (Phi) is 3.46. The first-order valence-electron chi connectivity index (χ1n) is 5.76. The minimum atomic E-state index is -0.563. The fraction of sp³-hybridized carbons (Fsp3) is 0.143. The van der Waals surface area contributed by atoms with Crippen LogP contribution in [-0.2, 0) is 0 Å². The van der Waals surface area contributed by atoms with E-state index < -0.39 is 11.7 Å². The molecule has 5 heteroatoms. The molecule has 0 aliphatic rings. The van der Waals surface area contributed by atoms with Crippen LogP contribution in [-0.4, -0.2) is 10.9 Å². The van der Waals surface area contributed by atoms with Crippen LogP contribution in [0.1, 0.15) is 21.5 Å². The number of carbonyl (C=O) groups excluding carboxylic acids is 1. The van der Waals surface area contributed by atoms with Crippen molar-refractivity contribution in [3.8, 4) is 0 Å². The van der Waals surface area contributed by atoms with Gasteiger partial charge in [0.05, 0.1) is 17.4 Å². The second kappa shape index (κ2) is 5.06. The number of hydrogen-bond acceptors (Lipinski definition) is 3. The van der Waals surface area contributed by atoms with Gasteiger partial charge in [0.15, 0.2) is 0 Å². The predicted octanol–water partition coefficient (Wildman–Crippen LogP) is 2.67. The number of nitrogens with one attached hydrogen (secondary N) is 1. The lowest BCUT2D eigenvalue weighted by Gasteiger charge is -2.09. The van der Waals surface area contributed by atoms with Gasteiger partial charge in [-0.15, -0.1) is 0 Å². The first kappa shape index (κ1) is 13.0. The van der Waals surface area contributed by atoms with Gasteiger partial charge < -0.3 is 11.1 Å². The Morgan fingerprint density at radius 3 is 2.68 bits per heavy atom. The van der Waals surface area contributed by atoms with Gasteiger partial charge in [0.2, 0.25) is 0 Å². The van der Waals surface area contributed by atoms with E-state index in [2.05, 4.69) is 10.3 Å². The summed E-state index contributed by atoms with van der Waals surface area (Å²) in [6, 6.07) is 4.56. The summed E-state index contributed by atoms with van der Waals surface area (Å²) >= 11 is 0. The van der Waals surface area contributed by atoms with Gasteiger partial charge in [-0.05, 0) is 43.2 Å².